The fraction of sp³-hybridized carbons (Fsp3) is 0.500. The SMILES string of the molecule is COc1ccc(C(=O)N2CCN[C@@H](C)C2)cc1OC. The summed E-state index contributed by atoms with van der Waals surface area (Å²) in [5, 5.41) is 3.32. The van der Waals surface area contributed by atoms with Gasteiger partial charge in [-0.25, -0.2) is 0 Å². The first kappa shape index (κ1) is 13.7. The number of nitrogens with one attached hydrogen (secondary N) is 1. The molecule has 1 heterocycles. The van der Waals surface area contributed by atoms with Crippen molar-refractivity contribution in [2.75, 3.05) is 33.9 Å². The van der Waals surface area contributed by atoms with Crippen molar-refractivity contribution in [1.29, 1.82) is 0 Å². The molecule has 1 aromatic carbocycles. The van der Waals surface area contributed by atoms with Crippen LogP contribution in [0.15, 0.2) is 18.2 Å². The monoisotopic (exact) mass is 264 g/mol. The van der Waals surface area contributed by atoms with Gasteiger partial charge in [0.25, 0.3) is 5.91 Å². The molecule has 1 amide bonds. The molecule has 0 aromatic heterocycles. The van der Waals surface area contributed by atoms with Crippen LogP contribution >= 0.6 is 0 Å². The smallest absolute Gasteiger partial charge is 0.254 e. The van der Waals surface area contributed by atoms with Crippen LogP contribution < -0.4 is 14.8 Å². The number of ether oxygens (including phenoxy) is 2. The van der Waals surface area contributed by atoms with E-state index in [0.717, 1.165) is 19.6 Å². The Morgan fingerprint density at radius 1 is 1.32 bits per heavy atom. The minimum atomic E-state index is 0.0364. The zero-order valence-electron chi connectivity index (χ0n) is 11.6. The number of hydrogen-bond donors (Lipinski definition) is 1. The summed E-state index contributed by atoms with van der Waals surface area (Å²) in [4.78, 5) is 14.3. The summed E-state index contributed by atoms with van der Waals surface area (Å²) >= 11 is 0. The van der Waals surface area contributed by atoms with Gasteiger partial charge in [0, 0.05) is 31.2 Å². The van der Waals surface area contributed by atoms with Crippen LogP contribution in [0.2, 0.25) is 0 Å². The summed E-state index contributed by atoms with van der Waals surface area (Å²) < 4.78 is 10.4. The van der Waals surface area contributed by atoms with E-state index in [1.165, 1.54) is 0 Å². The van der Waals surface area contributed by atoms with Crippen molar-refractivity contribution in [3.8, 4) is 11.5 Å². The number of rotatable bonds is 3. The van der Waals surface area contributed by atoms with E-state index in [-0.39, 0.29) is 5.91 Å². The van der Waals surface area contributed by atoms with Crippen molar-refractivity contribution in [3.63, 3.8) is 0 Å². The summed E-state index contributed by atoms with van der Waals surface area (Å²) in [5.41, 5.74) is 0.631. The van der Waals surface area contributed by atoms with Crippen LogP contribution in [-0.4, -0.2) is 50.7 Å². The molecular weight excluding hydrogens is 244 g/mol. The van der Waals surface area contributed by atoms with E-state index < -0.39 is 0 Å². The van der Waals surface area contributed by atoms with Crippen LogP contribution in [0, 0.1) is 0 Å². The van der Waals surface area contributed by atoms with Crippen LogP contribution in [0.3, 0.4) is 0 Å². The zero-order chi connectivity index (χ0) is 13.8. The Labute approximate surface area is 113 Å². The minimum absolute atomic E-state index is 0.0364. The number of piperazine rings is 1. The molecule has 2 rings (SSSR count). The molecule has 104 valence electrons. The number of hydrogen-bond acceptors (Lipinski definition) is 4. The van der Waals surface area contributed by atoms with E-state index in [2.05, 4.69) is 12.2 Å². The third-order valence-corrected chi connectivity index (χ3v) is 3.29. The average molecular weight is 264 g/mol. The average Bonchev–Trinajstić information content (AvgIpc) is 2.45. The van der Waals surface area contributed by atoms with Gasteiger partial charge in [0.1, 0.15) is 0 Å². The largest absolute Gasteiger partial charge is 0.493 e. The van der Waals surface area contributed by atoms with E-state index in [9.17, 15) is 4.79 Å². The van der Waals surface area contributed by atoms with Crippen LogP contribution in [0.4, 0.5) is 0 Å². The van der Waals surface area contributed by atoms with Gasteiger partial charge >= 0.3 is 0 Å². The Morgan fingerprint density at radius 3 is 2.68 bits per heavy atom. The molecule has 0 unspecified atom stereocenters. The Balaban J connectivity index is 2.19. The molecular formula is C14H20N2O3. The normalized spacial score (nSPS) is 19.1. The van der Waals surface area contributed by atoms with Gasteiger partial charge in [-0.15, -0.1) is 0 Å². The molecule has 19 heavy (non-hydrogen) atoms. The second kappa shape index (κ2) is 5.93. The molecule has 0 saturated carbocycles. The first-order valence-electron chi connectivity index (χ1n) is 6.40. The van der Waals surface area contributed by atoms with Crippen molar-refractivity contribution >= 4 is 5.91 Å². The third-order valence-electron chi connectivity index (χ3n) is 3.29. The van der Waals surface area contributed by atoms with E-state index in [0.29, 0.717) is 23.1 Å². The summed E-state index contributed by atoms with van der Waals surface area (Å²) in [5.74, 6) is 1.25. The van der Waals surface area contributed by atoms with Gasteiger partial charge in [-0.05, 0) is 25.1 Å². The lowest BCUT2D eigenvalue weighted by molar-refractivity contribution is 0.0708. The van der Waals surface area contributed by atoms with E-state index in [1.807, 2.05) is 4.90 Å². The molecule has 1 saturated heterocycles. The van der Waals surface area contributed by atoms with Gasteiger partial charge in [0.15, 0.2) is 11.5 Å². The molecule has 0 aliphatic carbocycles. The minimum Gasteiger partial charge on any atom is -0.493 e. The van der Waals surface area contributed by atoms with E-state index in [4.69, 9.17) is 9.47 Å². The zero-order valence-corrected chi connectivity index (χ0v) is 11.6. The Hall–Kier alpha value is -1.75. The maximum Gasteiger partial charge on any atom is 0.254 e. The highest BCUT2D eigenvalue weighted by Crippen LogP contribution is 2.28. The van der Waals surface area contributed by atoms with Gasteiger partial charge in [-0.2, -0.15) is 0 Å². The fourth-order valence-corrected chi connectivity index (χ4v) is 2.27. The summed E-state index contributed by atoms with van der Waals surface area (Å²) in [6.45, 7) is 4.37. The van der Waals surface area contributed by atoms with E-state index in [1.54, 1.807) is 32.4 Å². The highest BCUT2D eigenvalue weighted by atomic mass is 16.5. The van der Waals surface area contributed by atoms with Crippen LogP contribution in [0.25, 0.3) is 0 Å². The molecule has 1 fully saturated rings. The summed E-state index contributed by atoms with van der Waals surface area (Å²) in [6, 6.07) is 5.60. The molecule has 1 aliphatic heterocycles. The van der Waals surface area contributed by atoms with E-state index >= 15 is 0 Å². The Morgan fingerprint density at radius 2 is 2.05 bits per heavy atom. The number of amides is 1. The molecule has 1 atom stereocenters. The number of methoxy groups -OCH3 is 2. The molecule has 5 nitrogen and oxygen atoms in total. The second-order valence-corrected chi connectivity index (χ2v) is 4.68. The highest BCUT2D eigenvalue weighted by molar-refractivity contribution is 5.95. The highest BCUT2D eigenvalue weighted by Gasteiger charge is 2.22. The van der Waals surface area contributed by atoms with Gasteiger partial charge in [-0.1, -0.05) is 0 Å². The maximum atomic E-state index is 12.4. The van der Waals surface area contributed by atoms with Crippen LogP contribution in [0.1, 0.15) is 17.3 Å². The van der Waals surface area contributed by atoms with Crippen molar-refractivity contribution in [2.24, 2.45) is 0 Å². The molecule has 1 N–H and O–H groups in total. The first-order chi connectivity index (χ1) is 9.15. The standard InChI is InChI=1S/C14H20N2O3/c1-10-9-16(7-6-15-10)14(17)11-4-5-12(18-2)13(8-11)19-3/h4-5,8,10,15H,6-7,9H2,1-3H3/t10-/m0/s1. The van der Waals surface area contributed by atoms with Gasteiger partial charge in [0.05, 0.1) is 14.2 Å². The lowest BCUT2D eigenvalue weighted by atomic mass is 10.1. The molecule has 1 aromatic rings. The molecule has 5 heteroatoms. The lowest BCUT2D eigenvalue weighted by Crippen LogP contribution is -2.51. The molecule has 0 radical (unpaired) electrons. The number of nitrogens with zero attached hydrogens (tertiary/aromatic N) is 1. The number of carbonyl (C=O) groups excluding carboxylic acids is 1. The van der Waals surface area contributed by atoms with Gasteiger partial charge < -0.3 is 19.7 Å². The quantitative estimate of drug-likeness (QED) is 0.889. The lowest BCUT2D eigenvalue weighted by Gasteiger charge is -2.32. The van der Waals surface area contributed by atoms with Gasteiger partial charge in [0.2, 0.25) is 0 Å². The third kappa shape index (κ3) is 2.98. The maximum absolute atomic E-state index is 12.4. The Bertz CT molecular complexity index is 462. The second-order valence-electron chi connectivity index (χ2n) is 4.68. The van der Waals surface area contributed by atoms with Crippen LogP contribution in [0.5, 0.6) is 11.5 Å². The van der Waals surface area contributed by atoms with Crippen molar-refractivity contribution in [3.05, 3.63) is 23.8 Å². The first-order valence-corrected chi connectivity index (χ1v) is 6.40. The van der Waals surface area contributed by atoms with Gasteiger partial charge in [-0.3, -0.25) is 4.79 Å². The topological polar surface area (TPSA) is 50.8 Å². The van der Waals surface area contributed by atoms with Crippen molar-refractivity contribution < 1.29 is 14.3 Å². The predicted octanol–water partition coefficient (Wildman–Crippen LogP) is 1.14. The fourth-order valence-electron chi connectivity index (χ4n) is 2.27. The van der Waals surface area contributed by atoms with Crippen molar-refractivity contribution in [2.45, 2.75) is 13.0 Å². The van der Waals surface area contributed by atoms with Crippen LogP contribution in [-0.2, 0) is 0 Å². The number of carbonyl (C=O) groups is 1. The molecule has 0 bridgehead atoms. The summed E-state index contributed by atoms with van der Waals surface area (Å²) in [6.07, 6.45) is 0. The summed E-state index contributed by atoms with van der Waals surface area (Å²) in [7, 11) is 3.15. The Kier molecular flexibility index (Phi) is 4.27. The predicted molar refractivity (Wildman–Crippen MR) is 72.9 cm³/mol. The molecule has 1 aliphatic rings. The molecule has 0 spiro atoms. The number of benzene rings is 1. The van der Waals surface area contributed by atoms with Crippen molar-refractivity contribution in [1.82, 2.24) is 10.2 Å².